The van der Waals surface area contributed by atoms with Gasteiger partial charge in [0.1, 0.15) is 23.9 Å². The van der Waals surface area contributed by atoms with Gasteiger partial charge in [0.25, 0.3) is 11.8 Å². The topological polar surface area (TPSA) is 68.3 Å². The zero-order chi connectivity index (χ0) is 23.5. The number of hydrogen-bond acceptors (Lipinski definition) is 5. The number of hydrogen-bond donors (Lipinski definition) is 0. The van der Waals surface area contributed by atoms with Gasteiger partial charge in [0.05, 0.1) is 0 Å². The van der Waals surface area contributed by atoms with Crippen molar-refractivity contribution in [1.29, 1.82) is 0 Å². The summed E-state index contributed by atoms with van der Waals surface area (Å²) in [7, 11) is 0. The van der Waals surface area contributed by atoms with E-state index >= 15 is 0 Å². The van der Waals surface area contributed by atoms with Crippen LogP contribution in [0.15, 0.2) is 72.8 Å². The largest absolute Gasteiger partial charge is 0.485 e. The zero-order valence-corrected chi connectivity index (χ0v) is 18.4. The number of ether oxygens (including phenoxy) is 3. The van der Waals surface area contributed by atoms with Crippen LogP contribution in [0.4, 0.5) is 4.39 Å². The van der Waals surface area contributed by atoms with Crippen molar-refractivity contribution in [3.8, 4) is 23.0 Å². The van der Waals surface area contributed by atoms with Crippen molar-refractivity contribution >= 4 is 11.8 Å². The number of benzene rings is 3. The van der Waals surface area contributed by atoms with Gasteiger partial charge in [0.2, 0.25) is 6.10 Å². The van der Waals surface area contributed by atoms with Crippen molar-refractivity contribution in [1.82, 2.24) is 9.80 Å². The number of fused-ring (bicyclic) bond motifs is 1. The Bertz CT molecular complexity index is 1170. The van der Waals surface area contributed by atoms with Crippen molar-refractivity contribution in [2.45, 2.75) is 6.10 Å². The summed E-state index contributed by atoms with van der Waals surface area (Å²) in [5.74, 6) is 1.69. The van der Waals surface area contributed by atoms with Gasteiger partial charge in [-0.3, -0.25) is 9.59 Å². The van der Waals surface area contributed by atoms with Gasteiger partial charge in [-0.15, -0.1) is 0 Å². The third-order valence-corrected chi connectivity index (χ3v) is 5.81. The molecule has 2 aliphatic rings. The van der Waals surface area contributed by atoms with Crippen LogP contribution in [0.1, 0.15) is 10.4 Å². The molecule has 0 bridgehead atoms. The second kappa shape index (κ2) is 9.43. The summed E-state index contributed by atoms with van der Waals surface area (Å²) in [6, 6.07) is 19.8. The molecule has 2 amide bonds. The first-order chi connectivity index (χ1) is 16.6. The molecule has 1 atom stereocenters. The molecule has 7 nitrogen and oxygen atoms in total. The molecule has 0 aliphatic carbocycles. The van der Waals surface area contributed by atoms with Gasteiger partial charge < -0.3 is 24.0 Å². The maximum atomic E-state index is 13.0. The molecule has 0 spiro atoms. The number of para-hydroxylation sites is 2. The highest BCUT2D eigenvalue weighted by Gasteiger charge is 2.33. The van der Waals surface area contributed by atoms with Crippen LogP contribution >= 0.6 is 0 Å². The van der Waals surface area contributed by atoms with E-state index in [-0.39, 0.29) is 24.2 Å². The summed E-state index contributed by atoms with van der Waals surface area (Å²) in [4.78, 5) is 29.3. The summed E-state index contributed by atoms with van der Waals surface area (Å²) < 4.78 is 30.2. The molecule has 0 N–H and O–H groups in total. The van der Waals surface area contributed by atoms with Crippen LogP contribution < -0.4 is 14.2 Å². The van der Waals surface area contributed by atoms with Gasteiger partial charge in [-0.25, -0.2) is 4.39 Å². The third kappa shape index (κ3) is 4.66. The fourth-order valence-corrected chi connectivity index (χ4v) is 3.96. The summed E-state index contributed by atoms with van der Waals surface area (Å²) in [5.41, 5.74) is 0.534. The molecular formula is C26H23FN2O5. The van der Waals surface area contributed by atoms with Gasteiger partial charge in [-0.05, 0) is 60.7 Å². The Hall–Kier alpha value is -4.07. The van der Waals surface area contributed by atoms with Crippen LogP contribution in [-0.2, 0) is 4.79 Å². The lowest BCUT2D eigenvalue weighted by molar-refractivity contribution is -0.142. The lowest BCUT2D eigenvalue weighted by Gasteiger charge is -2.37. The number of carbonyl (C=O) groups is 2. The molecule has 174 valence electrons. The smallest absolute Gasteiger partial charge is 0.267 e. The Morgan fingerprint density at radius 1 is 0.794 bits per heavy atom. The van der Waals surface area contributed by atoms with Crippen LogP contribution in [0.2, 0.25) is 0 Å². The first-order valence-electron chi connectivity index (χ1n) is 11.1. The highest BCUT2D eigenvalue weighted by molar-refractivity contribution is 5.94. The molecule has 0 radical (unpaired) electrons. The van der Waals surface area contributed by atoms with E-state index in [0.29, 0.717) is 54.7 Å². The van der Waals surface area contributed by atoms with E-state index in [9.17, 15) is 14.0 Å². The molecule has 3 aromatic carbocycles. The second-order valence-electron chi connectivity index (χ2n) is 8.06. The second-order valence-corrected chi connectivity index (χ2v) is 8.06. The standard InChI is InChI=1S/C26H23FN2O5/c27-19-7-11-21(12-8-19)33-20-9-5-18(6-10-20)25(30)28-13-15-29(16-14-28)26(31)24-17-32-22-3-1-2-4-23(22)34-24/h1-12,24H,13-17H2. The monoisotopic (exact) mass is 462 g/mol. The summed E-state index contributed by atoms with van der Waals surface area (Å²) in [6.07, 6.45) is -0.689. The van der Waals surface area contributed by atoms with Crippen molar-refractivity contribution in [2.75, 3.05) is 32.8 Å². The molecule has 1 fully saturated rings. The van der Waals surface area contributed by atoms with Gasteiger partial charge in [0.15, 0.2) is 11.5 Å². The SMILES string of the molecule is O=C(c1ccc(Oc2ccc(F)cc2)cc1)N1CCN(C(=O)C2COc3ccccc3O2)CC1. The first-order valence-corrected chi connectivity index (χ1v) is 11.1. The third-order valence-electron chi connectivity index (χ3n) is 5.81. The van der Waals surface area contributed by atoms with Crippen molar-refractivity contribution in [2.24, 2.45) is 0 Å². The first kappa shape index (κ1) is 21.8. The van der Waals surface area contributed by atoms with E-state index in [1.807, 2.05) is 18.2 Å². The van der Waals surface area contributed by atoms with Gasteiger partial charge in [0, 0.05) is 31.7 Å². The van der Waals surface area contributed by atoms with Gasteiger partial charge in [-0.1, -0.05) is 12.1 Å². The van der Waals surface area contributed by atoms with Gasteiger partial charge >= 0.3 is 0 Å². The molecule has 0 saturated carbocycles. The number of carbonyl (C=O) groups excluding carboxylic acids is 2. The van der Waals surface area contributed by atoms with Crippen molar-refractivity contribution in [3.63, 3.8) is 0 Å². The Kier molecular flexibility index (Phi) is 6.03. The Morgan fingerprint density at radius 2 is 1.38 bits per heavy atom. The van der Waals surface area contributed by atoms with E-state index in [1.165, 1.54) is 12.1 Å². The van der Waals surface area contributed by atoms with Gasteiger partial charge in [-0.2, -0.15) is 0 Å². The van der Waals surface area contributed by atoms with Crippen molar-refractivity contribution in [3.05, 3.63) is 84.2 Å². The molecule has 34 heavy (non-hydrogen) atoms. The molecule has 1 unspecified atom stereocenters. The number of amides is 2. The van der Waals surface area contributed by atoms with E-state index in [4.69, 9.17) is 14.2 Å². The molecule has 3 aromatic rings. The lowest BCUT2D eigenvalue weighted by Crippen LogP contribution is -2.55. The predicted octanol–water partition coefficient (Wildman–Crippen LogP) is 3.74. The molecule has 0 aromatic heterocycles. The Balaban J connectivity index is 1.14. The van der Waals surface area contributed by atoms with E-state index in [0.717, 1.165) is 0 Å². The predicted molar refractivity (Wildman–Crippen MR) is 122 cm³/mol. The lowest BCUT2D eigenvalue weighted by atomic mass is 10.1. The maximum Gasteiger partial charge on any atom is 0.267 e. The molecular weight excluding hydrogens is 439 g/mol. The minimum Gasteiger partial charge on any atom is -0.485 e. The number of piperazine rings is 1. The molecule has 2 aliphatic heterocycles. The molecule has 5 rings (SSSR count). The minimum atomic E-state index is -0.689. The number of halogens is 1. The fraction of sp³-hybridized carbons (Fsp3) is 0.231. The molecule has 1 saturated heterocycles. The minimum absolute atomic E-state index is 0.105. The van der Waals surface area contributed by atoms with Crippen molar-refractivity contribution < 1.29 is 28.2 Å². The number of rotatable bonds is 4. The highest BCUT2D eigenvalue weighted by atomic mass is 19.1. The average Bonchev–Trinajstić information content (AvgIpc) is 2.89. The Morgan fingerprint density at radius 3 is 2.06 bits per heavy atom. The van der Waals surface area contributed by atoms with Crippen LogP contribution in [0.25, 0.3) is 0 Å². The molecule has 2 heterocycles. The van der Waals surface area contributed by atoms with Crippen LogP contribution in [0.3, 0.4) is 0 Å². The van der Waals surface area contributed by atoms with Crippen LogP contribution in [-0.4, -0.2) is 60.5 Å². The van der Waals surface area contributed by atoms with Crippen LogP contribution in [0, 0.1) is 5.82 Å². The fourth-order valence-electron chi connectivity index (χ4n) is 3.96. The average molecular weight is 462 g/mol. The number of nitrogens with zero attached hydrogens (tertiary/aromatic N) is 2. The van der Waals surface area contributed by atoms with E-state index in [2.05, 4.69) is 0 Å². The summed E-state index contributed by atoms with van der Waals surface area (Å²) in [5, 5.41) is 0. The summed E-state index contributed by atoms with van der Waals surface area (Å²) in [6.45, 7) is 1.89. The van der Waals surface area contributed by atoms with Crippen LogP contribution in [0.5, 0.6) is 23.0 Å². The maximum absolute atomic E-state index is 13.0. The normalized spacial score (nSPS) is 17.3. The Labute approximate surface area is 196 Å². The quantitative estimate of drug-likeness (QED) is 0.591. The molecule has 8 heteroatoms. The summed E-state index contributed by atoms with van der Waals surface area (Å²) >= 11 is 0. The highest BCUT2D eigenvalue weighted by Crippen LogP contribution is 2.31. The van der Waals surface area contributed by atoms with E-state index in [1.54, 1.807) is 52.3 Å². The van der Waals surface area contributed by atoms with E-state index < -0.39 is 6.10 Å². The zero-order valence-electron chi connectivity index (χ0n) is 18.4.